The summed E-state index contributed by atoms with van der Waals surface area (Å²) in [6.07, 6.45) is 6.67. The van der Waals surface area contributed by atoms with Gasteiger partial charge in [0.25, 0.3) is 5.91 Å². The molecule has 3 aromatic rings. The Morgan fingerprint density at radius 3 is 2.76 bits per heavy atom. The number of rotatable bonds is 7. The molecule has 2 fully saturated rings. The zero-order valence-corrected chi connectivity index (χ0v) is 25.2. The molecule has 4 amide bonds. The second-order valence-electron chi connectivity index (χ2n) is 11.5. The number of urea groups is 1. The van der Waals surface area contributed by atoms with Gasteiger partial charge in [0.2, 0.25) is 5.91 Å². The first kappa shape index (κ1) is 23.5. The Bertz CT molecular complexity index is 2010. The average Bonchev–Trinajstić information content (AvgIpc) is 3.86. The van der Waals surface area contributed by atoms with Gasteiger partial charge in [-0.15, -0.1) is 0 Å². The topological polar surface area (TPSA) is 128 Å². The Labute approximate surface area is 272 Å². The summed E-state index contributed by atoms with van der Waals surface area (Å²) in [5.74, 6) is -0.384. The first-order chi connectivity index (χ1) is 24.0. The van der Waals surface area contributed by atoms with Crippen molar-refractivity contribution in [1.82, 2.24) is 20.5 Å². The zero-order valence-electron chi connectivity index (χ0n) is 29.3. The van der Waals surface area contributed by atoms with Crippen LogP contribution >= 0.6 is 11.8 Å². The predicted molar refractivity (Wildman–Crippen MR) is 169 cm³/mol. The minimum absolute atomic E-state index is 0.154. The van der Waals surface area contributed by atoms with E-state index in [2.05, 4.69) is 15.6 Å². The number of carbonyl (C=O) groups is 3. The lowest BCUT2D eigenvalue weighted by Crippen LogP contribution is -2.54. The molecule has 4 aliphatic rings. The summed E-state index contributed by atoms with van der Waals surface area (Å²) in [5.41, 5.74) is 2.55. The Balaban J connectivity index is 1.08. The number of aromatic nitrogens is 1. The third kappa shape index (κ3) is 5.73. The van der Waals surface area contributed by atoms with E-state index in [1.807, 2.05) is 6.07 Å². The molecule has 45 heavy (non-hydrogen) atoms. The third-order valence-corrected chi connectivity index (χ3v) is 9.59. The SMILES string of the molecule is [2H]c1c([2H])c([2H])c(Oc2ccc(N3C(=O)NC4c5c3ccnc5S[C@H]4C(=O)NC3CCCN(C(=O)/C(C#N)=C/C4CC4)C3)c(C)c2)c([2H])c1[2H]. The zero-order chi connectivity index (χ0) is 35.4. The van der Waals surface area contributed by atoms with E-state index in [-0.39, 0.29) is 40.8 Å². The standard InChI is InChI=1S/C34H32N6O4S/c1-20-16-25(44-24-7-3-2-4-8-24)11-12-26(20)40-27-13-14-36-32-28(27)29(38-34(40)43)30(45-32)31(41)37-23-6-5-15-39(19-23)33(42)22(18-35)17-21-9-10-21/h2-4,7-8,11-14,16-17,21,23,29-30H,5-6,9-10,15,19H2,1H3,(H,37,41)(H,38,43)/b22-17+/t23?,29?,30-/m1/s1/i2D,3D,4D,7D,8D. The van der Waals surface area contributed by atoms with Crippen molar-refractivity contribution in [2.45, 2.75) is 55.0 Å². The number of hydrogen-bond acceptors (Lipinski definition) is 7. The van der Waals surface area contributed by atoms with Crippen molar-refractivity contribution >= 4 is 41.0 Å². The minimum atomic E-state index is -0.700. The number of pyridine rings is 1. The summed E-state index contributed by atoms with van der Waals surface area (Å²) in [6, 6.07) is 4.69. The molecule has 228 valence electrons. The van der Waals surface area contributed by atoms with E-state index in [1.165, 1.54) is 16.7 Å². The second-order valence-corrected chi connectivity index (χ2v) is 12.6. The second kappa shape index (κ2) is 11.9. The van der Waals surface area contributed by atoms with Gasteiger partial charge in [0.05, 0.1) is 24.3 Å². The van der Waals surface area contributed by atoms with Crippen molar-refractivity contribution in [3.63, 3.8) is 0 Å². The number of hydrogen-bond donors (Lipinski definition) is 2. The Hall–Kier alpha value is -4.82. The molecule has 3 aliphatic heterocycles. The molecule has 0 spiro atoms. The van der Waals surface area contributed by atoms with Crippen LogP contribution in [0.2, 0.25) is 0 Å². The molecule has 4 heterocycles. The van der Waals surface area contributed by atoms with E-state index in [0.717, 1.165) is 12.8 Å². The monoisotopic (exact) mass is 625 g/mol. The maximum absolute atomic E-state index is 13.8. The summed E-state index contributed by atoms with van der Waals surface area (Å²) in [7, 11) is 0. The van der Waals surface area contributed by atoms with Crippen LogP contribution in [0.25, 0.3) is 0 Å². The van der Waals surface area contributed by atoms with E-state index in [1.54, 1.807) is 48.4 Å². The number of carbonyl (C=O) groups excluding carboxylic acids is 3. The van der Waals surface area contributed by atoms with Gasteiger partial charge in [-0.05, 0) is 80.4 Å². The van der Waals surface area contributed by atoms with E-state index >= 15 is 0 Å². The normalized spacial score (nSPS) is 23.8. The van der Waals surface area contributed by atoms with Crippen LogP contribution in [0, 0.1) is 24.2 Å². The van der Waals surface area contributed by atoms with Crippen molar-refractivity contribution in [2.75, 3.05) is 18.0 Å². The minimum Gasteiger partial charge on any atom is -0.457 e. The number of benzene rings is 2. The van der Waals surface area contributed by atoms with Gasteiger partial charge in [0.15, 0.2) is 0 Å². The molecule has 1 aliphatic carbocycles. The fourth-order valence-electron chi connectivity index (χ4n) is 6.00. The molecular weight excluding hydrogens is 588 g/mol. The molecule has 2 N–H and O–H groups in total. The lowest BCUT2D eigenvalue weighted by molar-refractivity contribution is -0.129. The molecule has 1 saturated heterocycles. The number of aryl methyl sites for hydroxylation is 1. The highest BCUT2D eigenvalue weighted by Crippen LogP contribution is 2.51. The Kier molecular flexibility index (Phi) is 6.24. The highest BCUT2D eigenvalue weighted by atomic mass is 32.2. The van der Waals surface area contributed by atoms with Crippen LogP contribution in [-0.4, -0.2) is 52.1 Å². The number of piperidine rings is 1. The van der Waals surface area contributed by atoms with Crippen LogP contribution in [-0.2, 0) is 9.59 Å². The smallest absolute Gasteiger partial charge is 0.327 e. The number of nitrogens with zero attached hydrogens (tertiary/aromatic N) is 4. The molecule has 2 aromatic carbocycles. The van der Waals surface area contributed by atoms with Gasteiger partial charge in [0, 0.05) is 30.9 Å². The summed E-state index contributed by atoms with van der Waals surface area (Å²) >= 11 is 1.27. The van der Waals surface area contributed by atoms with Crippen LogP contribution < -0.4 is 20.3 Å². The Morgan fingerprint density at radius 1 is 1.18 bits per heavy atom. The molecule has 0 bridgehead atoms. The fourth-order valence-corrected chi connectivity index (χ4v) is 7.24. The van der Waals surface area contributed by atoms with Crippen molar-refractivity contribution in [3.8, 4) is 17.6 Å². The summed E-state index contributed by atoms with van der Waals surface area (Å²) in [6.45, 7) is 2.57. The molecule has 1 aromatic heterocycles. The molecule has 7 rings (SSSR count). The quantitative estimate of drug-likeness (QED) is 0.261. The maximum Gasteiger partial charge on any atom is 0.327 e. The van der Waals surface area contributed by atoms with E-state index < -0.39 is 47.5 Å². The molecule has 11 heteroatoms. The summed E-state index contributed by atoms with van der Waals surface area (Å²) in [4.78, 5) is 48.2. The molecule has 3 atom stereocenters. The first-order valence-electron chi connectivity index (χ1n) is 17.3. The summed E-state index contributed by atoms with van der Waals surface area (Å²) < 4.78 is 45.7. The lowest BCUT2D eigenvalue weighted by atomic mass is 9.98. The molecule has 10 nitrogen and oxygen atoms in total. The van der Waals surface area contributed by atoms with Crippen molar-refractivity contribution in [3.05, 3.63) is 83.5 Å². The van der Waals surface area contributed by atoms with Gasteiger partial charge in [-0.2, -0.15) is 5.26 Å². The van der Waals surface area contributed by atoms with E-state index in [0.29, 0.717) is 53.5 Å². The van der Waals surface area contributed by atoms with Crippen molar-refractivity contribution in [1.29, 1.82) is 5.26 Å². The van der Waals surface area contributed by atoms with Crippen LogP contribution in [0.15, 0.2) is 77.3 Å². The van der Waals surface area contributed by atoms with Gasteiger partial charge in [-0.1, -0.05) is 36.0 Å². The van der Waals surface area contributed by atoms with Gasteiger partial charge >= 0.3 is 6.03 Å². The average molecular weight is 626 g/mol. The fraction of sp³-hybridized carbons (Fsp3) is 0.324. The first-order valence-corrected chi connectivity index (χ1v) is 15.7. The van der Waals surface area contributed by atoms with Crippen LogP contribution in [0.3, 0.4) is 0 Å². The largest absolute Gasteiger partial charge is 0.457 e. The van der Waals surface area contributed by atoms with E-state index in [9.17, 15) is 19.6 Å². The number of likely N-dealkylation sites (tertiary alicyclic amines) is 1. The molecule has 2 unspecified atom stereocenters. The van der Waals surface area contributed by atoms with Crippen LogP contribution in [0.5, 0.6) is 11.5 Å². The third-order valence-electron chi connectivity index (χ3n) is 8.30. The molecule has 1 saturated carbocycles. The van der Waals surface area contributed by atoms with Gasteiger partial charge < -0.3 is 20.3 Å². The number of nitriles is 1. The summed E-state index contributed by atoms with van der Waals surface area (Å²) in [5, 5.41) is 15.5. The number of allylic oxidation sites excluding steroid dienone is 1. The van der Waals surface area contributed by atoms with Crippen molar-refractivity contribution in [2.24, 2.45) is 5.92 Å². The number of para-hydroxylation sites is 1. The number of nitrogens with one attached hydrogen (secondary N) is 2. The number of ether oxygens (including phenoxy) is 1. The van der Waals surface area contributed by atoms with Gasteiger partial charge in [0.1, 0.15) is 33.4 Å². The van der Waals surface area contributed by atoms with Crippen molar-refractivity contribution < 1.29 is 26.0 Å². The molecule has 0 radical (unpaired) electrons. The van der Waals surface area contributed by atoms with Gasteiger partial charge in [-0.3, -0.25) is 14.5 Å². The number of anilines is 2. The Morgan fingerprint density at radius 2 is 2.00 bits per heavy atom. The highest BCUT2D eigenvalue weighted by molar-refractivity contribution is 8.01. The lowest BCUT2D eigenvalue weighted by Gasteiger charge is -2.36. The number of amides is 4. The van der Waals surface area contributed by atoms with Crippen LogP contribution in [0.1, 0.15) is 49.7 Å². The highest BCUT2D eigenvalue weighted by Gasteiger charge is 2.47. The van der Waals surface area contributed by atoms with E-state index in [4.69, 9.17) is 11.6 Å². The molecular formula is C34H32N6O4S. The number of thioether (sulfide) groups is 1. The van der Waals surface area contributed by atoms with Gasteiger partial charge in [-0.25, -0.2) is 9.78 Å². The maximum atomic E-state index is 13.8. The van der Waals surface area contributed by atoms with Crippen LogP contribution in [0.4, 0.5) is 16.2 Å². The predicted octanol–water partition coefficient (Wildman–Crippen LogP) is 5.53.